The third kappa shape index (κ3) is 4.91. The van der Waals surface area contributed by atoms with Gasteiger partial charge in [0, 0.05) is 20.2 Å². The number of urea groups is 1. The summed E-state index contributed by atoms with van der Waals surface area (Å²) in [7, 11) is 1.70. The van der Waals surface area contributed by atoms with Gasteiger partial charge >= 0.3 is 12.0 Å². The maximum atomic E-state index is 11.3. The Morgan fingerprint density at radius 2 is 1.94 bits per heavy atom. The number of carbonyl (C=O) groups excluding carboxylic acids is 1. The van der Waals surface area contributed by atoms with Crippen molar-refractivity contribution in [1.29, 1.82) is 0 Å². The predicted molar refractivity (Wildman–Crippen MR) is 66.4 cm³/mol. The van der Waals surface area contributed by atoms with Crippen molar-refractivity contribution in [3.8, 4) is 0 Å². The zero-order valence-corrected chi connectivity index (χ0v) is 10.8. The number of carboxylic acid groups (broad SMARTS) is 1. The highest BCUT2D eigenvalue weighted by molar-refractivity contribution is 5.74. The molecule has 1 saturated carbocycles. The van der Waals surface area contributed by atoms with Gasteiger partial charge in [0.1, 0.15) is 0 Å². The first-order chi connectivity index (χ1) is 8.58. The van der Waals surface area contributed by atoms with Gasteiger partial charge < -0.3 is 20.5 Å². The number of rotatable bonds is 8. The van der Waals surface area contributed by atoms with E-state index in [9.17, 15) is 9.59 Å². The Kier molecular flexibility index (Phi) is 5.91. The molecule has 3 N–H and O–H groups in total. The van der Waals surface area contributed by atoms with E-state index in [1.807, 2.05) is 0 Å². The summed E-state index contributed by atoms with van der Waals surface area (Å²) in [6, 6.07) is -0.303. The van der Waals surface area contributed by atoms with E-state index < -0.39 is 5.97 Å². The van der Waals surface area contributed by atoms with Gasteiger partial charge in [-0.25, -0.2) is 4.79 Å². The fraction of sp³-hybridized carbons (Fsp3) is 0.833. The van der Waals surface area contributed by atoms with E-state index in [4.69, 9.17) is 9.84 Å². The molecule has 6 heteroatoms. The molecule has 0 saturated heterocycles. The van der Waals surface area contributed by atoms with Crippen molar-refractivity contribution in [3.05, 3.63) is 0 Å². The van der Waals surface area contributed by atoms with Crippen LogP contribution in [0.1, 0.15) is 32.1 Å². The van der Waals surface area contributed by atoms with Crippen LogP contribution in [0.25, 0.3) is 0 Å². The maximum Gasteiger partial charge on any atom is 0.314 e. The maximum absolute atomic E-state index is 11.3. The average Bonchev–Trinajstić information content (AvgIpc) is 2.25. The molecule has 0 atom stereocenters. The Hall–Kier alpha value is -1.30. The molecule has 0 aromatic heterocycles. The van der Waals surface area contributed by atoms with Gasteiger partial charge in [0.25, 0.3) is 0 Å². The van der Waals surface area contributed by atoms with Crippen molar-refractivity contribution >= 4 is 12.0 Å². The van der Waals surface area contributed by atoms with E-state index in [-0.39, 0.29) is 24.4 Å². The summed E-state index contributed by atoms with van der Waals surface area (Å²) >= 11 is 0. The average molecular weight is 258 g/mol. The molecule has 2 amide bonds. The number of carboxylic acids is 1. The number of aliphatic carboxylic acids is 1. The SMILES string of the molecule is COCC1(CCNC(=O)NCCC(=O)O)CCC1. The lowest BCUT2D eigenvalue weighted by molar-refractivity contribution is -0.136. The van der Waals surface area contributed by atoms with Crippen LogP contribution in [-0.2, 0) is 9.53 Å². The van der Waals surface area contributed by atoms with Crippen molar-refractivity contribution in [3.63, 3.8) is 0 Å². The summed E-state index contributed by atoms with van der Waals surface area (Å²) in [5.74, 6) is -0.913. The second-order valence-electron chi connectivity index (χ2n) is 4.86. The van der Waals surface area contributed by atoms with E-state index in [0.717, 1.165) is 25.9 Å². The minimum absolute atomic E-state index is 0.0545. The molecule has 1 rings (SSSR count). The highest BCUT2D eigenvalue weighted by Gasteiger charge is 2.36. The monoisotopic (exact) mass is 258 g/mol. The van der Waals surface area contributed by atoms with Crippen LogP contribution >= 0.6 is 0 Å². The van der Waals surface area contributed by atoms with Crippen LogP contribution in [0.5, 0.6) is 0 Å². The van der Waals surface area contributed by atoms with Crippen LogP contribution < -0.4 is 10.6 Å². The van der Waals surface area contributed by atoms with E-state index in [0.29, 0.717) is 6.54 Å². The third-order valence-corrected chi connectivity index (χ3v) is 3.43. The number of hydrogen-bond donors (Lipinski definition) is 3. The molecule has 0 aromatic carbocycles. The van der Waals surface area contributed by atoms with E-state index in [2.05, 4.69) is 10.6 Å². The Morgan fingerprint density at radius 1 is 1.28 bits per heavy atom. The van der Waals surface area contributed by atoms with Gasteiger partial charge in [0.15, 0.2) is 0 Å². The van der Waals surface area contributed by atoms with Gasteiger partial charge in [-0.05, 0) is 24.7 Å². The van der Waals surface area contributed by atoms with Gasteiger partial charge in [-0.15, -0.1) is 0 Å². The van der Waals surface area contributed by atoms with Crippen molar-refractivity contribution in [2.24, 2.45) is 5.41 Å². The minimum atomic E-state index is -0.913. The van der Waals surface area contributed by atoms with Crippen LogP contribution in [-0.4, -0.2) is 43.9 Å². The molecular formula is C12H22N2O4. The van der Waals surface area contributed by atoms with Gasteiger partial charge in [-0.2, -0.15) is 0 Å². The second-order valence-corrected chi connectivity index (χ2v) is 4.86. The van der Waals surface area contributed by atoms with Crippen molar-refractivity contribution in [2.75, 3.05) is 26.8 Å². The number of methoxy groups -OCH3 is 1. The molecule has 1 aliphatic carbocycles. The number of ether oxygens (including phenoxy) is 1. The predicted octanol–water partition coefficient (Wildman–Crippen LogP) is 0.967. The summed E-state index contributed by atoms with van der Waals surface area (Å²) in [6.45, 7) is 1.50. The van der Waals surface area contributed by atoms with E-state index in [1.165, 1.54) is 6.42 Å². The lowest BCUT2D eigenvalue weighted by atomic mass is 9.67. The lowest BCUT2D eigenvalue weighted by Gasteiger charge is -2.41. The van der Waals surface area contributed by atoms with Gasteiger partial charge in [0.05, 0.1) is 13.0 Å². The topological polar surface area (TPSA) is 87.7 Å². The van der Waals surface area contributed by atoms with Gasteiger partial charge in [-0.3, -0.25) is 4.79 Å². The molecule has 18 heavy (non-hydrogen) atoms. The van der Waals surface area contributed by atoms with Crippen LogP contribution in [0.15, 0.2) is 0 Å². The minimum Gasteiger partial charge on any atom is -0.481 e. The Bertz CT molecular complexity index is 290. The Morgan fingerprint density at radius 3 is 2.44 bits per heavy atom. The van der Waals surface area contributed by atoms with Crippen LogP contribution in [0, 0.1) is 5.41 Å². The van der Waals surface area contributed by atoms with Gasteiger partial charge in [0.2, 0.25) is 0 Å². The molecule has 1 aliphatic rings. The first-order valence-corrected chi connectivity index (χ1v) is 6.30. The zero-order chi connectivity index (χ0) is 13.4. The Labute approximate surface area is 107 Å². The van der Waals surface area contributed by atoms with Crippen LogP contribution in [0.3, 0.4) is 0 Å². The molecule has 0 bridgehead atoms. The normalized spacial score (nSPS) is 16.7. The van der Waals surface area contributed by atoms with E-state index in [1.54, 1.807) is 7.11 Å². The molecule has 0 spiro atoms. The highest BCUT2D eigenvalue weighted by atomic mass is 16.5. The molecule has 1 fully saturated rings. The molecule has 104 valence electrons. The summed E-state index contributed by atoms with van der Waals surface area (Å²) < 4.78 is 5.20. The van der Waals surface area contributed by atoms with Crippen molar-refractivity contribution in [1.82, 2.24) is 10.6 Å². The second kappa shape index (κ2) is 7.20. The fourth-order valence-electron chi connectivity index (χ4n) is 2.24. The van der Waals surface area contributed by atoms with E-state index >= 15 is 0 Å². The van der Waals surface area contributed by atoms with Crippen molar-refractivity contribution in [2.45, 2.75) is 32.1 Å². The standard InChI is InChI=1S/C12H22N2O4/c1-18-9-12(4-2-5-12)6-8-14-11(17)13-7-3-10(15)16/h2-9H2,1H3,(H,15,16)(H2,13,14,17). The molecule has 0 heterocycles. The molecule has 0 unspecified atom stereocenters. The summed E-state index contributed by atoms with van der Waals surface area (Å²) in [5, 5.41) is 13.7. The first kappa shape index (κ1) is 14.8. The summed E-state index contributed by atoms with van der Waals surface area (Å²) in [6.07, 6.45) is 4.40. The molecule has 6 nitrogen and oxygen atoms in total. The number of nitrogens with one attached hydrogen (secondary N) is 2. The fourth-order valence-corrected chi connectivity index (χ4v) is 2.24. The quantitative estimate of drug-likeness (QED) is 0.605. The molecular weight excluding hydrogens is 236 g/mol. The summed E-state index contributed by atoms with van der Waals surface area (Å²) in [4.78, 5) is 21.6. The molecule has 0 aliphatic heterocycles. The molecule has 0 radical (unpaired) electrons. The number of amides is 2. The summed E-state index contributed by atoms with van der Waals surface area (Å²) in [5.41, 5.74) is 0.239. The van der Waals surface area contributed by atoms with Crippen LogP contribution in [0.2, 0.25) is 0 Å². The first-order valence-electron chi connectivity index (χ1n) is 6.30. The Balaban J connectivity index is 2.09. The smallest absolute Gasteiger partial charge is 0.314 e. The van der Waals surface area contributed by atoms with Crippen LogP contribution in [0.4, 0.5) is 4.79 Å². The largest absolute Gasteiger partial charge is 0.481 e. The van der Waals surface area contributed by atoms with Gasteiger partial charge in [-0.1, -0.05) is 6.42 Å². The lowest BCUT2D eigenvalue weighted by Crippen LogP contribution is -2.41. The third-order valence-electron chi connectivity index (χ3n) is 3.43. The molecule has 0 aromatic rings. The van der Waals surface area contributed by atoms with Crippen molar-refractivity contribution < 1.29 is 19.4 Å². The zero-order valence-electron chi connectivity index (χ0n) is 10.8. The number of carbonyl (C=O) groups is 2. The number of hydrogen-bond acceptors (Lipinski definition) is 3. The highest BCUT2D eigenvalue weighted by Crippen LogP contribution is 2.43.